The first-order valence-electron chi connectivity index (χ1n) is 8.95. The molecule has 1 saturated carbocycles. The lowest BCUT2D eigenvalue weighted by molar-refractivity contribution is 0.293. The maximum atomic E-state index is 5.48. The van der Waals surface area contributed by atoms with Crippen molar-refractivity contribution in [3.8, 4) is 0 Å². The number of nitrogens with zero attached hydrogens (tertiary/aromatic N) is 5. The van der Waals surface area contributed by atoms with Gasteiger partial charge in [-0.15, -0.1) is 0 Å². The number of rotatable bonds is 4. The molecule has 1 aliphatic carbocycles. The Morgan fingerprint density at radius 2 is 1.96 bits per heavy atom. The standard InChI is InChI=1S/C18H23N5O/c1-12-5-19-11-20-18(12)23-8-14-6-22(7-15(14)9-23)10-16-4-17(24-21-16)13-2-3-13/h4-5,11,13-15H,2-3,6-10H2,1H3. The Bertz CT molecular complexity index is 727. The van der Waals surface area contributed by atoms with Crippen LogP contribution in [0.1, 0.15) is 35.8 Å². The number of fused-ring (bicyclic) bond motifs is 1. The Hall–Kier alpha value is -1.95. The minimum atomic E-state index is 0.647. The van der Waals surface area contributed by atoms with E-state index in [1.54, 1.807) is 6.33 Å². The van der Waals surface area contributed by atoms with E-state index in [0.717, 1.165) is 61.8 Å². The highest BCUT2D eigenvalue weighted by atomic mass is 16.5. The van der Waals surface area contributed by atoms with Crippen LogP contribution in [0.4, 0.5) is 5.82 Å². The molecule has 2 unspecified atom stereocenters. The van der Waals surface area contributed by atoms with Crippen LogP contribution in [0, 0.1) is 18.8 Å². The summed E-state index contributed by atoms with van der Waals surface area (Å²) >= 11 is 0. The fourth-order valence-electron chi connectivity index (χ4n) is 4.31. The Balaban J connectivity index is 1.21. The fraction of sp³-hybridized carbons (Fsp3) is 0.611. The van der Waals surface area contributed by atoms with Crippen molar-refractivity contribution in [2.24, 2.45) is 11.8 Å². The summed E-state index contributed by atoms with van der Waals surface area (Å²) in [5.74, 6) is 4.31. The lowest BCUT2D eigenvalue weighted by Crippen LogP contribution is -2.29. The minimum absolute atomic E-state index is 0.647. The van der Waals surface area contributed by atoms with Gasteiger partial charge in [0, 0.05) is 56.5 Å². The monoisotopic (exact) mass is 325 g/mol. The van der Waals surface area contributed by atoms with E-state index in [1.807, 2.05) is 6.20 Å². The first-order chi connectivity index (χ1) is 11.8. The van der Waals surface area contributed by atoms with Crippen molar-refractivity contribution in [3.63, 3.8) is 0 Å². The van der Waals surface area contributed by atoms with Gasteiger partial charge in [-0.05, 0) is 31.6 Å². The second-order valence-corrected chi connectivity index (χ2v) is 7.64. The third-order valence-electron chi connectivity index (χ3n) is 5.67. The summed E-state index contributed by atoms with van der Waals surface area (Å²) in [5, 5.41) is 4.26. The predicted molar refractivity (Wildman–Crippen MR) is 89.7 cm³/mol. The van der Waals surface area contributed by atoms with Gasteiger partial charge in [-0.1, -0.05) is 5.16 Å². The van der Waals surface area contributed by atoms with Crippen LogP contribution in [0.3, 0.4) is 0 Å². The zero-order valence-corrected chi connectivity index (χ0v) is 14.1. The van der Waals surface area contributed by atoms with Crippen LogP contribution < -0.4 is 4.90 Å². The van der Waals surface area contributed by atoms with Crippen LogP contribution in [-0.2, 0) is 6.54 Å². The Labute approximate surface area is 141 Å². The smallest absolute Gasteiger partial charge is 0.140 e. The Morgan fingerprint density at radius 3 is 2.67 bits per heavy atom. The van der Waals surface area contributed by atoms with Crippen LogP contribution in [0.15, 0.2) is 23.1 Å². The maximum absolute atomic E-state index is 5.48. The summed E-state index contributed by atoms with van der Waals surface area (Å²) in [6, 6.07) is 2.17. The topological polar surface area (TPSA) is 58.3 Å². The highest BCUT2D eigenvalue weighted by molar-refractivity contribution is 5.46. The molecule has 4 heterocycles. The summed E-state index contributed by atoms with van der Waals surface area (Å²) < 4.78 is 5.48. The average molecular weight is 325 g/mol. The number of aryl methyl sites for hydroxylation is 1. The van der Waals surface area contributed by atoms with Crippen molar-refractivity contribution in [1.82, 2.24) is 20.0 Å². The second-order valence-electron chi connectivity index (χ2n) is 7.64. The first-order valence-corrected chi connectivity index (χ1v) is 8.95. The van der Waals surface area contributed by atoms with Gasteiger partial charge in [0.05, 0.1) is 5.69 Å². The number of likely N-dealkylation sites (tertiary alicyclic amines) is 1. The molecule has 0 bridgehead atoms. The summed E-state index contributed by atoms with van der Waals surface area (Å²) in [6.45, 7) is 7.53. The largest absolute Gasteiger partial charge is 0.361 e. The van der Waals surface area contributed by atoms with Crippen molar-refractivity contribution < 1.29 is 4.52 Å². The molecule has 2 aromatic heterocycles. The van der Waals surface area contributed by atoms with Gasteiger partial charge in [-0.2, -0.15) is 0 Å². The number of hydrogen-bond donors (Lipinski definition) is 0. The van der Waals surface area contributed by atoms with E-state index in [-0.39, 0.29) is 0 Å². The highest BCUT2D eigenvalue weighted by Gasteiger charge is 2.41. The second kappa shape index (κ2) is 5.55. The van der Waals surface area contributed by atoms with Crippen LogP contribution in [-0.4, -0.2) is 46.2 Å². The third-order valence-corrected chi connectivity index (χ3v) is 5.67. The molecule has 6 heteroatoms. The summed E-state index contributed by atoms with van der Waals surface area (Å²) in [5.41, 5.74) is 2.27. The Kier molecular flexibility index (Phi) is 3.33. The molecule has 0 amide bonds. The molecule has 3 fully saturated rings. The van der Waals surface area contributed by atoms with Gasteiger partial charge < -0.3 is 9.42 Å². The fourth-order valence-corrected chi connectivity index (χ4v) is 4.31. The lowest BCUT2D eigenvalue weighted by atomic mass is 10.0. The van der Waals surface area contributed by atoms with Gasteiger partial charge in [-0.25, -0.2) is 9.97 Å². The van der Waals surface area contributed by atoms with Crippen molar-refractivity contribution in [2.75, 3.05) is 31.1 Å². The number of aromatic nitrogens is 3. The molecule has 0 radical (unpaired) electrons. The van der Waals surface area contributed by atoms with Crippen LogP contribution in [0.2, 0.25) is 0 Å². The van der Waals surface area contributed by atoms with Gasteiger partial charge in [0.1, 0.15) is 17.9 Å². The number of anilines is 1. The molecule has 2 aromatic rings. The minimum Gasteiger partial charge on any atom is -0.361 e. The average Bonchev–Trinajstić information content (AvgIpc) is 3.02. The summed E-state index contributed by atoms with van der Waals surface area (Å²) in [4.78, 5) is 13.6. The maximum Gasteiger partial charge on any atom is 0.140 e. The zero-order chi connectivity index (χ0) is 16.1. The van der Waals surface area contributed by atoms with E-state index in [4.69, 9.17) is 4.52 Å². The van der Waals surface area contributed by atoms with E-state index in [1.165, 1.54) is 18.4 Å². The van der Waals surface area contributed by atoms with Crippen molar-refractivity contribution >= 4 is 5.82 Å². The van der Waals surface area contributed by atoms with E-state index in [9.17, 15) is 0 Å². The third kappa shape index (κ3) is 2.59. The van der Waals surface area contributed by atoms with Crippen LogP contribution >= 0.6 is 0 Å². The summed E-state index contributed by atoms with van der Waals surface area (Å²) in [7, 11) is 0. The lowest BCUT2D eigenvalue weighted by Gasteiger charge is -2.22. The Morgan fingerprint density at radius 1 is 1.17 bits per heavy atom. The molecule has 0 aromatic carbocycles. The van der Waals surface area contributed by atoms with Crippen LogP contribution in [0.25, 0.3) is 0 Å². The molecule has 5 rings (SSSR count). The van der Waals surface area contributed by atoms with E-state index in [2.05, 4.69) is 37.9 Å². The molecular formula is C18H23N5O. The molecule has 2 aliphatic heterocycles. The van der Waals surface area contributed by atoms with Crippen molar-refractivity contribution in [3.05, 3.63) is 35.6 Å². The van der Waals surface area contributed by atoms with E-state index in [0.29, 0.717) is 5.92 Å². The van der Waals surface area contributed by atoms with Crippen molar-refractivity contribution in [1.29, 1.82) is 0 Å². The van der Waals surface area contributed by atoms with Gasteiger partial charge >= 0.3 is 0 Å². The highest BCUT2D eigenvalue weighted by Crippen LogP contribution is 2.40. The quantitative estimate of drug-likeness (QED) is 0.859. The molecule has 3 aliphatic rings. The van der Waals surface area contributed by atoms with Gasteiger partial charge in [0.25, 0.3) is 0 Å². The van der Waals surface area contributed by atoms with E-state index < -0.39 is 0 Å². The molecule has 126 valence electrons. The van der Waals surface area contributed by atoms with Gasteiger partial charge in [-0.3, -0.25) is 4.90 Å². The number of hydrogen-bond acceptors (Lipinski definition) is 6. The molecule has 0 spiro atoms. The normalized spacial score (nSPS) is 27.0. The molecule has 2 atom stereocenters. The van der Waals surface area contributed by atoms with Crippen molar-refractivity contribution in [2.45, 2.75) is 32.2 Å². The zero-order valence-electron chi connectivity index (χ0n) is 14.1. The molecule has 0 N–H and O–H groups in total. The molecular weight excluding hydrogens is 302 g/mol. The first kappa shape index (κ1) is 14.4. The molecule has 24 heavy (non-hydrogen) atoms. The van der Waals surface area contributed by atoms with E-state index >= 15 is 0 Å². The predicted octanol–water partition coefficient (Wildman–Crippen LogP) is 2.22. The molecule has 6 nitrogen and oxygen atoms in total. The summed E-state index contributed by atoms with van der Waals surface area (Å²) in [6.07, 6.45) is 6.09. The molecule has 2 saturated heterocycles. The van der Waals surface area contributed by atoms with Crippen LogP contribution in [0.5, 0.6) is 0 Å². The van der Waals surface area contributed by atoms with Gasteiger partial charge in [0.2, 0.25) is 0 Å². The van der Waals surface area contributed by atoms with Gasteiger partial charge in [0.15, 0.2) is 0 Å². The SMILES string of the molecule is Cc1cncnc1N1CC2CN(Cc3cc(C4CC4)on3)CC2C1.